The van der Waals surface area contributed by atoms with Crippen LogP contribution in [0.4, 0.5) is 0 Å². The molecule has 0 rings (SSSR count). The van der Waals surface area contributed by atoms with Crippen molar-refractivity contribution in [1.82, 2.24) is 0 Å². The van der Waals surface area contributed by atoms with Crippen molar-refractivity contribution in [2.45, 2.75) is 26.2 Å². The van der Waals surface area contributed by atoms with Crippen molar-refractivity contribution in [1.29, 1.82) is 0 Å². The molecule has 0 aliphatic carbocycles. The fraction of sp³-hybridized carbons (Fsp3) is 0.571. The SMILES string of the molecule is C=CCCC[CH-]C.[Cl-].[Mg+2]. The van der Waals surface area contributed by atoms with E-state index in [1.165, 1.54) is 12.8 Å². The van der Waals surface area contributed by atoms with Gasteiger partial charge in [0.1, 0.15) is 0 Å². The molecule has 9 heavy (non-hydrogen) atoms. The van der Waals surface area contributed by atoms with Crippen LogP contribution in [0, 0.1) is 6.42 Å². The molecule has 0 radical (unpaired) electrons. The van der Waals surface area contributed by atoms with Gasteiger partial charge < -0.3 is 18.8 Å². The minimum Gasteiger partial charge on any atom is -1.00 e. The second-order valence-electron chi connectivity index (χ2n) is 1.63. The van der Waals surface area contributed by atoms with Crippen molar-refractivity contribution in [3.05, 3.63) is 19.1 Å². The third kappa shape index (κ3) is 17.7. The van der Waals surface area contributed by atoms with Crippen LogP contribution in [0.2, 0.25) is 0 Å². The molecule has 2 heteroatoms. The van der Waals surface area contributed by atoms with E-state index in [9.17, 15) is 0 Å². The Hall–Kier alpha value is 0.796. The molecule has 0 aliphatic rings. The van der Waals surface area contributed by atoms with Crippen LogP contribution in [-0.2, 0) is 0 Å². The van der Waals surface area contributed by atoms with Crippen LogP contribution < -0.4 is 12.4 Å². The van der Waals surface area contributed by atoms with Crippen molar-refractivity contribution >= 4 is 23.1 Å². The Kier molecular flexibility index (Phi) is 29.0. The van der Waals surface area contributed by atoms with E-state index in [1.54, 1.807) is 0 Å². The van der Waals surface area contributed by atoms with E-state index in [0.29, 0.717) is 0 Å². The quantitative estimate of drug-likeness (QED) is 0.216. The first kappa shape index (κ1) is 16.4. The summed E-state index contributed by atoms with van der Waals surface area (Å²) in [6.07, 6.45) is 7.79. The van der Waals surface area contributed by atoms with E-state index in [0.717, 1.165) is 6.42 Å². The Morgan fingerprint density at radius 2 is 2.11 bits per heavy atom. The average molecular weight is 157 g/mol. The van der Waals surface area contributed by atoms with Crippen LogP contribution in [0.3, 0.4) is 0 Å². The van der Waals surface area contributed by atoms with Crippen LogP contribution in [0.5, 0.6) is 0 Å². The van der Waals surface area contributed by atoms with E-state index in [2.05, 4.69) is 19.9 Å². The summed E-state index contributed by atoms with van der Waals surface area (Å²) in [6.45, 7) is 5.70. The number of hydrogen-bond acceptors (Lipinski definition) is 0. The molecule has 50 valence electrons. The molecule has 0 aromatic carbocycles. The maximum atomic E-state index is 3.62. The van der Waals surface area contributed by atoms with Gasteiger partial charge in [0.15, 0.2) is 0 Å². The number of rotatable bonds is 4. The summed E-state index contributed by atoms with van der Waals surface area (Å²) in [5.41, 5.74) is 0. The number of allylic oxidation sites excluding steroid dienone is 1. The minimum absolute atomic E-state index is 0. The van der Waals surface area contributed by atoms with Crippen LogP contribution in [0.1, 0.15) is 26.2 Å². The molecule has 0 heterocycles. The second kappa shape index (κ2) is 15.9. The molecule has 0 spiro atoms. The van der Waals surface area contributed by atoms with Gasteiger partial charge in [-0.15, -0.1) is 6.58 Å². The van der Waals surface area contributed by atoms with Gasteiger partial charge in [0.05, 0.1) is 0 Å². The van der Waals surface area contributed by atoms with Crippen molar-refractivity contribution in [2.75, 3.05) is 0 Å². The Morgan fingerprint density at radius 3 is 2.44 bits per heavy atom. The Labute approximate surface area is 80.7 Å². The predicted molar refractivity (Wildman–Crippen MR) is 39.8 cm³/mol. The third-order valence-electron chi connectivity index (χ3n) is 0.901. The maximum absolute atomic E-state index is 3.62. The molecule has 0 atom stereocenters. The fourth-order valence-electron chi connectivity index (χ4n) is 0.466. The Bertz CT molecular complexity index is 46.2. The van der Waals surface area contributed by atoms with Gasteiger partial charge in [-0.1, -0.05) is 12.5 Å². The van der Waals surface area contributed by atoms with Crippen LogP contribution in [0.25, 0.3) is 0 Å². The smallest absolute Gasteiger partial charge is 1.00 e. The Balaban J connectivity index is -0.000000180. The zero-order chi connectivity index (χ0) is 5.54. The summed E-state index contributed by atoms with van der Waals surface area (Å²) in [7, 11) is 0. The molecule has 0 amide bonds. The maximum Gasteiger partial charge on any atom is 2.00 e. The molecule has 0 saturated carbocycles. The van der Waals surface area contributed by atoms with Crippen LogP contribution >= 0.6 is 0 Å². The zero-order valence-corrected chi connectivity index (χ0v) is 8.24. The van der Waals surface area contributed by atoms with Gasteiger partial charge in [-0.05, 0) is 6.42 Å². The molecule has 0 unspecified atom stereocenters. The van der Waals surface area contributed by atoms with Gasteiger partial charge in [-0.3, -0.25) is 0 Å². The summed E-state index contributed by atoms with van der Waals surface area (Å²) in [4.78, 5) is 0. The monoisotopic (exact) mass is 156 g/mol. The van der Waals surface area contributed by atoms with Crippen molar-refractivity contribution in [3.63, 3.8) is 0 Å². The Morgan fingerprint density at radius 1 is 1.56 bits per heavy atom. The largest absolute Gasteiger partial charge is 2.00 e. The number of hydrogen-bond donors (Lipinski definition) is 0. The summed E-state index contributed by atoms with van der Waals surface area (Å²) < 4.78 is 0. The molecular weight excluding hydrogens is 144 g/mol. The fourth-order valence-corrected chi connectivity index (χ4v) is 0.466. The standard InChI is InChI=1S/C7H13.ClH.Mg/c1-3-5-7-6-4-2;;/h3-4H,1,5-7H2,2H3;1H;/q-1;;+2/p-1. The first-order chi connectivity index (χ1) is 3.41. The molecule has 0 aromatic rings. The normalized spacial score (nSPS) is 6.78. The molecule has 0 N–H and O–H groups in total. The number of halogens is 1. The first-order valence-corrected chi connectivity index (χ1v) is 2.80. The summed E-state index contributed by atoms with van der Waals surface area (Å²) in [6, 6.07) is 0. The van der Waals surface area contributed by atoms with E-state index < -0.39 is 0 Å². The zero-order valence-electron chi connectivity index (χ0n) is 6.07. The molecule has 0 fully saturated rings. The van der Waals surface area contributed by atoms with E-state index in [1.807, 2.05) is 6.08 Å². The van der Waals surface area contributed by atoms with Gasteiger partial charge in [0.25, 0.3) is 0 Å². The summed E-state index contributed by atoms with van der Waals surface area (Å²) in [5.74, 6) is 0. The molecule has 0 nitrogen and oxygen atoms in total. The summed E-state index contributed by atoms with van der Waals surface area (Å²) >= 11 is 0. The van der Waals surface area contributed by atoms with Gasteiger partial charge in [0.2, 0.25) is 0 Å². The second-order valence-corrected chi connectivity index (χ2v) is 1.63. The van der Waals surface area contributed by atoms with Gasteiger partial charge in [-0.2, -0.15) is 13.3 Å². The average Bonchev–Trinajstić information content (AvgIpc) is 1.69. The first-order valence-electron chi connectivity index (χ1n) is 2.80. The topological polar surface area (TPSA) is 0 Å². The van der Waals surface area contributed by atoms with Gasteiger partial charge >= 0.3 is 23.1 Å². The van der Waals surface area contributed by atoms with Crippen LogP contribution in [-0.4, -0.2) is 23.1 Å². The molecule has 0 saturated heterocycles. The number of unbranched alkanes of at least 4 members (excludes halogenated alkanes) is 3. The molecule has 0 bridgehead atoms. The van der Waals surface area contributed by atoms with E-state index >= 15 is 0 Å². The minimum atomic E-state index is 0. The molecule has 0 aromatic heterocycles. The summed E-state index contributed by atoms with van der Waals surface area (Å²) in [5, 5.41) is 0. The van der Waals surface area contributed by atoms with Gasteiger partial charge in [-0.25, -0.2) is 0 Å². The molecular formula is C7H13ClMg. The van der Waals surface area contributed by atoms with E-state index in [4.69, 9.17) is 0 Å². The van der Waals surface area contributed by atoms with Gasteiger partial charge in [0, 0.05) is 0 Å². The van der Waals surface area contributed by atoms with Crippen molar-refractivity contribution in [3.8, 4) is 0 Å². The van der Waals surface area contributed by atoms with Crippen molar-refractivity contribution in [2.24, 2.45) is 0 Å². The van der Waals surface area contributed by atoms with Crippen molar-refractivity contribution < 1.29 is 12.4 Å². The third-order valence-corrected chi connectivity index (χ3v) is 0.901. The predicted octanol–water partition coefficient (Wildman–Crippen LogP) is -0.810. The molecule has 0 aliphatic heterocycles. The van der Waals surface area contributed by atoms with Crippen LogP contribution in [0.15, 0.2) is 12.7 Å². The van der Waals surface area contributed by atoms with E-state index in [-0.39, 0.29) is 35.5 Å².